The Morgan fingerprint density at radius 1 is 1.03 bits per heavy atom. The smallest absolute Gasteiger partial charge is 0.255 e. The second-order valence-corrected chi connectivity index (χ2v) is 11.7. The maximum Gasteiger partial charge on any atom is 0.255 e. The highest BCUT2D eigenvalue weighted by Gasteiger charge is 2.49. The van der Waals surface area contributed by atoms with Gasteiger partial charge in [-0.2, -0.15) is 0 Å². The van der Waals surface area contributed by atoms with E-state index in [1.54, 1.807) is 18.2 Å². The lowest BCUT2D eigenvalue weighted by atomic mass is 9.76. The van der Waals surface area contributed by atoms with Crippen molar-refractivity contribution in [1.82, 2.24) is 19.2 Å². The van der Waals surface area contributed by atoms with E-state index in [1.165, 1.54) is 6.07 Å². The summed E-state index contributed by atoms with van der Waals surface area (Å²) in [6.45, 7) is 6.87. The fourth-order valence-corrected chi connectivity index (χ4v) is 6.05. The lowest BCUT2D eigenvalue weighted by Crippen LogP contribution is -2.53. The number of pyridine rings is 1. The number of carbonyl (C=O) groups excluding carboxylic acids is 3. The van der Waals surface area contributed by atoms with Crippen LogP contribution < -0.4 is 0 Å². The van der Waals surface area contributed by atoms with E-state index in [0.29, 0.717) is 35.2 Å². The van der Waals surface area contributed by atoms with Gasteiger partial charge in [0.2, 0.25) is 5.91 Å². The van der Waals surface area contributed by atoms with Crippen LogP contribution in [-0.2, 0) is 4.79 Å². The highest BCUT2D eigenvalue weighted by atomic mass is 19.1. The molecule has 1 N–H and O–H groups in total. The molecule has 0 unspecified atom stereocenters. The Balaban J connectivity index is 1.17. The SMILES string of the molecule is CC(C)(C)[C@H](CC(=O)c1cc2cccc(F)c2[nH]1)C(=O)N1C[C@@H]2C[C@H]1CN2C(=O)c1cc2ccccn2c1. The quantitative estimate of drug-likeness (QED) is 0.384. The number of nitrogens with zero attached hydrogens (tertiary/aromatic N) is 3. The zero-order valence-corrected chi connectivity index (χ0v) is 21.8. The Hall–Kier alpha value is -3.94. The van der Waals surface area contributed by atoms with Crippen LogP contribution in [0.1, 0.15) is 54.5 Å². The van der Waals surface area contributed by atoms with Crippen LogP contribution >= 0.6 is 0 Å². The molecule has 0 saturated carbocycles. The topological polar surface area (TPSA) is 77.9 Å². The molecule has 2 bridgehead atoms. The van der Waals surface area contributed by atoms with Crippen LogP contribution in [0.4, 0.5) is 4.39 Å². The van der Waals surface area contributed by atoms with Crippen LogP contribution in [0.3, 0.4) is 0 Å². The van der Waals surface area contributed by atoms with Crippen molar-refractivity contribution < 1.29 is 18.8 Å². The Labute approximate surface area is 220 Å². The van der Waals surface area contributed by atoms with Crippen LogP contribution in [0.25, 0.3) is 16.4 Å². The average molecular weight is 515 g/mol. The lowest BCUT2D eigenvalue weighted by molar-refractivity contribution is -0.141. The van der Waals surface area contributed by atoms with E-state index >= 15 is 0 Å². The number of fused-ring (bicyclic) bond motifs is 4. The van der Waals surface area contributed by atoms with Gasteiger partial charge in [-0.05, 0) is 42.2 Å². The summed E-state index contributed by atoms with van der Waals surface area (Å²) in [5.74, 6) is -1.22. The predicted molar refractivity (Wildman–Crippen MR) is 142 cm³/mol. The van der Waals surface area contributed by atoms with E-state index in [1.807, 2.05) is 71.6 Å². The number of Topliss-reactive ketones (excluding diaryl/α,β-unsaturated/α-hetero) is 1. The van der Waals surface area contributed by atoms with Crippen molar-refractivity contribution in [1.29, 1.82) is 0 Å². The minimum atomic E-state index is -0.536. The van der Waals surface area contributed by atoms with E-state index in [2.05, 4.69) is 4.98 Å². The molecule has 3 atom stereocenters. The van der Waals surface area contributed by atoms with Crippen molar-refractivity contribution in [2.45, 2.75) is 45.7 Å². The molecule has 196 valence electrons. The molecule has 0 spiro atoms. The Morgan fingerprint density at radius 3 is 2.47 bits per heavy atom. The zero-order chi connectivity index (χ0) is 26.8. The number of H-pyrrole nitrogens is 1. The first kappa shape index (κ1) is 24.4. The molecule has 3 aromatic heterocycles. The van der Waals surface area contributed by atoms with Gasteiger partial charge in [-0.15, -0.1) is 0 Å². The molecular weight excluding hydrogens is 483 g/mol. The van der Waals surface area contributed by atoms with Crippen molar-refractivity contribution in [2.24, 2.45) is 11.3 Å². The number of aromatic amines is 1. The van der Waals surface area contributed by atoms with E-state index in [4.69, 9.17) is 0 Å². The largest absolute Gasteiger partial charge is 0.350 e. The maximum absolute atomic E-state index is 14.2. The van der Waals surface area contributed by atoms with E-state index in [0.717, 1.165) is 11.9 Å². The molecule has 2 aliphatic heterocycles. The van der Waals surface area contributed by atoms with Crippen molar-refractivity contribution in [2.75, 3.05) is 13.1 Å². The number of benzene rings is 1. The summed E-state index contributed by atoms with van der Waals surface area (Å²) in [4.78, 5) is 47.1. The monoisotopic (exact) mass is 514 g/mol. The number of carbonyl (C=O) groups is 3. The normalized spacial score (nSPS) is 20.0. The Morgan fingerprint density at radius 2 is 1.79 bits per heavy atom. The Bertz CT molecular complexity index is 1550. The third-order valence-electron chi connectivity index (χ3n) is 8.17. The second kappa shape index (κ2) is 8.82. The first-order valence-electron chi connectivity index (χ1n) is 13.1. The number of para-hydroxylation sites is 1. The minimum absolute atomic E-state index is 0.0121. The average Bonchev–Trinajstić information content (AvgIpc) is 3.67. The molecule has 6 rings (SSSR count). The number of hydrogen-bond acceptors (Lipinski definition) is 3. The number of hydrogen-bond donors (Lipinski definition) is 1. The van der Waals surface area contributed by atoms with E-state index in [9.17, 15) is 18.8 Å². The van der Waals surface area contributed by atoms with Crippen molar-refractivity contribution in [3.8, 4) is 0 Å². The molecule has 38 heavy (non-hydrogen) atoms. The summed E-state index contributed by atoms with van der Waals surface area (Å²) >= 11 is 0. The van der Waals surface area contributed by atoms with E-state index in [-0.39, 0.29) is 36.1 Å². The zero-order valence-electron chi connectivity index (χ0n) is 21.8. The van der Waals surface area contributed by atoms with Crippen LogP contribution in [0, 0.1) is 17.2 Å². The van der Waals surface area contributed by atoms with Crippen LogP contribution in [0.15, 0.2) is 60.9 Å². The van der Waals surface area contributed by atoms with Crippen molar-refractivity contribution in [3.05, 3.63) is 78.0 Å². The molecule has 0 aliphatic carbocycles. The third kappa shape index (κ3) is 4.08. The van der Waals surface area contributed by atoms with Gasteiger partial charge in [0.05, 0.1) is 34.8 Å². The molecule has 1 aromatic carbocycles. The van der Waals surface area contributed by atoms with Gasteiger partial charge >= 0.3 is 0 Å². The van der Waals surface area contributed by atoms with Crippen molar-refractivity contribution >= 4 is 34.0 Å². The van der Waals surface area contributed by atoms with Gasteiger partial charge in [0, 0.05) is 42.8 Å². The Kier molecular flexibility index (Phi) is 5.67. The summed E-state index contributed by atoms with van der Waals surface area (Å²) in [5.41, 5.74) is 1.77. The summed E-state index contributed by atoms with van der Waals surface area (Å²) in [6.07, 6.45) is 4.55. The number of aromatic nitrogens is 2. The van der Waals surface area contributed by atoms with Gasteiger partial charge in [0.15, 0.2) is 5.78 Å². The highest BCUT2D eigenvalue weighted by Crippen LogP contribution is 2.38. The molecule has 2 amide bonds. The molecule has 7 nitrogen and oxygen atoms in total. The molecule has 2 saturated heterocycles. The van der Waals surface area contributed by atoms with Crippen molar-refractivity contribution in [3.63, 3.8) is 0 Å². The predicted octanol–water partition coefficient (Wildman–Crippen LogP) is 4.92. The van der Waals surface area contributed by atoms with Gasteiger partial charge < -0.3 is 19.2 Å². The van der Waals surface area contributed by atoms with E-state index < -0.39 is 17.2 Å². The number of likely N-dealkylation sites (tertiary alicyclic amines) is 2. The number of nitrogens with one attached hydrogen (secondary N) is 1. The van der Waals surface area contributed by atoms with Gasteiger partial charge in [-0.1, -0.05) is 39.0 Å². The summed E-state index contributed by atoms with van der Waals surface area (Å²) in [7, 11) is 0. The highest BCUT2D eigenvalue weighted by molar-refractivity contribution is 6.01. The van der Waals surface area contributed by atoms with Gasteiger partial charge in [-0.3, -0.25) is 14.4 Å². The first-order chi connectivity index (χ1) is 18.1. The fourth-order valence-electron chi connectivity index (χ4n) is 6.05. The van der Waals surface area contributed by atoms with Crippen LogP contribution in [0.5, 0.6) is 0 Å². The minimum Gasteiger partial charge on any atom is -0.350 e. The molecule has 2 fully saturated rings. The second-order valence-electron chi connectivity index (χ2n) is 11.7. The maximum atomic E-state index is 14.2. The number of amides is 2. The number of piperazine rings is 1. The molecule has 0 radical (unpaired) electrons. The van der Waals surface area contributed by atoms with Crippen LogP contribution in [0.2, 0.25) is 0 Å². The number of halogens is 1. The molecule has 5 heterocycles. The van der Waals surface area contributed by atoms with Gasteiger partial charge in [-0.25, -0.2) is 4.39 Å². The molecule has 2 aliphatic rings. The molecule has 4 aromatic rings. The number of ketones is 1. The van der Waals surface area contributed by atoms with Gasteiger partial charge in [0.25, 0.3) is 5.91 Å². The molecule has 8 heteroatoms. The van der Waals surface area contributed by atoms with Crippen LogP contribution in [-0.4, -0.2) is 62.0 Å². The standard InChI is InChI=1S/C30H31FN4O3/c1-30(2,3)23(14-26(36)25-12-18-7-6-9-24(31)27(18)32-25)29(38)35-17-21-13-22(35)16-34(21)28(37)19-11-20-8-4-5-10-33(20)15-19/h4-12,15,21-23,32H,13-14,16-17H2,1-3H3/t21-,22-,23+/m0/s1. The summed E-state index contributed by atoms with van der Waals surface area (Å²) in [6, 6.07) is 14.0. The first-order valence-corrected chi connectivity index (χ1v) is 13.1. The lowest BCUT2D eigenvalue weighted by Gasteiger charge is -2.39. The van der Waals surface area contributed by atoms with Gasteiger partial charge in [0.1, 0.15) is 5.82 Å². The third-order valence-corrected chi connectivity index (χ3v) is 8.17. The fraction of sp³-hybridized carbons (Fsp3) is 0.367. The molecular formula is C30H31FN4O3. The summed E-state index contributed by atoms with van der Waals surface area (Å²) in [5, 5.41) is 0.629. The number of rotatable bonds is 5. The summed E-state index contributed by atoms with van der Waals surface area (Å²) < 4.78 is 16.1.